The van der Waals surface area contributed by atoms with Crippen molar-refractivity contribution >= 4 is 16.8 Å². The molecule has 2 aromatic carbocycles. The van der Waals surface area contributed by atoms with Gasteiger partial charge in [0, 0.05) is 24.0 Å². The summed E-state index contributed by atoms with van der Waals surface area (Å²) in [6.45, 7) is 7.73. The van der Waals surface area contributed by atoms with Crippen LogP contribution in [-0.2, 0) is 0 Å². The van der Waals surface area contributed by atoms with Gasteiger partial charge < -0.3 is 10.2 Å². The van der Waals surface area contributed by atoms with E-state index in [4.69, 9.17) is 4.98 Å². The van der Waals surface area contributed by atoms with Crippen molar-refractivity contribution in [3.8, 4) is 11.3 Å². The molecular formula is C22H25N3O. The molecule has 1 amide bonds. The van der Waals surface area contributed by atoms with Crippen LogP contribution in [0, 0.1) is 0 Å². The molecule has 0 radical (unpaired) electrons. The first-order chi connectivity index (χ1) is 12.7. The number of nitrogens with zero attached hydrogens (tertiary/aromatic N) is 2. The third kappa shape index (κ3) is 4.09. The fourth-order valence-electron chi connectivity index (χ4n) is 3.08. The van der Waals surface area contributed by atoms with E-state index in [2.05, 4.69) is 24.1 Å². The number of hydrogen-bond donors (Lipinski definition) is 1. The quantitative estimate of drug-likeness (QED) is 0.703. The van der Waals surface area contributed by atoms with E-state index in [9.17, 15) is 4.79 Å². The van der Waals surface area contributed by atoms with Crippen LogP contribution in [0.1, 0.15) is 24.2 Å². The molecule has 134 valence electrons. The predicted octanol–water partition coefficient (Wildman–Crippen LogP) is 3.97. The topological polar surface area (TPSA) is 45.2 Å². The largest absolute Gasteiger partial charge is 0.351 e. The number of aromatic nitrogens is 1. The van der Waals surface area contributed by atoms with Gasteiger partial charge in [-0.3, -0.25) is 4.79 Å². The Morgan fingerprint density at radius 3 is 2.42 bits per heavy atom. The molecule has 1 aromatic heterocycles. The third-order valence-corrected chi connectivity index (χ3v) is 4.64. The molecule has 4 heteroatoms. The highest BCUT2D eigenvalue weighted by molar-refractivity contribution is 6.07. The van der Waals surface area contributed by atoms with Crippen molar-refractivity contribution in [2.45, 2.75) is 13.8 Å². The maximum absolute atomic E-state index is 12.8. The Morgan fingerprint density at radius 1 is 1.00 bits per heavy atom. The molecule has 3 aromatic rings. The average Bonchev–Trinajstić information content (AvgIpc) is 2.71. The second-order valence-corrected chi connectivity index (χ2v) is 6.22. The summed E-state index contributed by atoms with van der Waals surface area (Å²) in [6, 6.07) is 19.7. The molecule has 0 unspecified atom stereocenters. The van der Waals surface area contributed by atoms with Crippen LogP contribution in [-0.4, -0.2) is 42.0 Å². The number of fused-ring (bicyclic) bond motifs is 1. The molecule has 0 saturated heterocycles. The standard InChI is InChI=1S/C22H25N3O/c1-3-25(4-2)15-14-23-22(26)19-16-21(17-10-6-5-7-11-17)24-20-13-9-8-12-18(19)20/h5-13,16H,3-4,14-15H2,1-2H3,(H,23,26). The zero-order valence-electron chi connectivity index (χ0n) is 15.4. The monoisotopic (exact) mass is 347 g/mol. The average molecular weight is 347 g/mol. The summed E-state index contributed by atoms with van der Waals surface area (Å²) < 4.78 is 0. The van der Waals surface area contributed by atoms with Crippen LogP contribution in [0.3, 0.4) is 0 Å². The fraction of sp³-hybridized carbons (Fsp3) is 0.273. The van der Waals surface area contributed by atoms with Crippen LogP contribution in [0.15, 0.2) is 60.7 Å². The summed E-state index contributed by atoms with van der Waals surface area (Å²) in [4.78, 5) is 19.9. The number of rotatable bonds is 7. The van der Waals surface area contributed by atoms with Crippen molar-refractivity contribution in [3.63, 3.8) is 0 Å². The number of amides is 1. The van der Waals surface area contributed by atoms with Crippen LogP contribution in [0.2, 0.25) is 0 Å². The molecule has 4 nitrogen and oxygen atoms in total. The molecular weight excluding hydrogens is 322 g/mol. The molecule has 26 heavy (non-hydrogen) atoms. The second kappa shape index (κ2) is 8.59. The Morgan fingerprint density at radius 2 is 1.69 bits per heavy atom. The number of para-hydroxylation sites is 1. The predicted molar refractivity (Wildman–Crippen MR) is 107 cm³/mol. The lowest BCUT2D eigenvalue weighted by Crippen LogP contribution is -2.34. The summed E-state index contributed by atoms with van der Waals surface area (Å²) in [5.41, 5.74) is 3.34. The SMILES string of the molecule is CCN(CC)CCNC(=O)c1cc(-c2ccccc2)nc2ccccc12. The lowest BCUT2D eigenvalue weighted by Gasteiger charge is -2.18. The molecule has 0 saturated carbocycles. The Balaban J connectivity index is 1.90. The molecule has 0 fully saturated rings. The van der Waals surface area contributed by atoms with E-state index < -0.39 is 0 Å². The van der Waals surface area contributed by atoms with Crippen molar-refractivity contribution < 1.29 is 4.79 Å². The molecule has 1 heterocycles. The van der Waals surface area contributed by atoms with Crippen molar-refractivity contribution in [2.24, 2.45) is 0 Å². The number of carbonyl (C=O) groups excluding carboxylic acids is 1. The molecule has 0 aliphatic carbocycles. The number of likely N-dealkylation sites (N-methyl/N-ethyl adjacent to an activating group) is 1. The van der Waals surface area contributed by atoms with Gasteiger partial charge in [-0.1, -0.05) is 62.4 Å². The highest BCUT2D eigenvalue weighted by Gasteiger charge is 2.13. The van der Waals surface area contributed by atoms with Gasteiger partial charge in [0.15, 0.2) is 0 Å². The van der Waals surface area contributed by atoms with Crippen LogP contribution < -0.4 is 5.32 Å². The van der Waals surface area contributed by atoms with Gasteiger partial charge in [0.05, 0.1) is 16.8 Å². The second-order valence-electron chi connectivity index (χ2n) is 6.22. The third-order valence-electron chi connectivity index (χ3n) is 4.64. The summed E-state index contributed by atoms with van der Waals surface area (Å²) >= 11 is 0. The van der Waals surface area contributed by atoms with Gasteiger partial charge in [-0.05, 0) is 25.2 Å². The van der Waals surface area contributed by atoms with E-state index in [0.717, 1.165) is 41.8 Å². The van der Waals surface area contributed by atoms with Crippen molar-refractivity contribution in [1.82, 2.24) is 15.2 Å². The number of benzene rings is 2. The molecule has 0 aliphatic heterocycles. The number of hydrogen-bond acceptors (Lipinski definition) is 3. The Kier molecular flexibility index (Phi) is 5.97. The number of carbonyl (C=O) groups is 1. The van der Waals surface area contributed by atoms with Crippen LogP contribution in [0.4, 0.5) is 0 Å². The van der Waals surface area contributed by atoms with Gasteiger partial charge in [-0.2, -0.15) is 0 Å². The van der Waals surface area contributed by atoms with Gasteiger partial charge in [0.1, 0.15) is 0 Å². The smallest absolute Gasteiger partial charge is 0.252 e. The molecule has 3 rings (SSSR count). The molecule has 0 spiro atoms. The lowest BCUT2D eigenvalue weighted by molar-refractivity contribution is 0.0950. The Hall–Kier alpha value is -2.72. The summed E-state index contributed by atoms with van der Waals surface area (Å²) in [6.07, 6.45) is 0. The van der Waals surface area contributed by atoms with Gasteiger partial charge in [-0.25, -0.2) is 4.98 Å². The first-order valence-corrected chi connectivity index (χ1v) is 9.18. The van der Waals surface area contributed by atoms with E-state index in [1.807, 2.05) is 60.7 Å². The van der Waals surface area contributed by atoms with Crippen LogP contribution >= 0.6 is 0 Å². The van der Waals surface area contributed by atoms with Gasteiger partial charge in [0.2, 0.25) is 0 Å². The minimum absolute atomic E-state index is 0.0482. The van der Waals surface area contributed by atoms with E-state index >= 15 is 0 Å². The van der Waals surface area contributed by atoms with E-state index in [1.165, 1.54) is 0 Å². The van der Waals surface area contributed by atoms with E-state index in [-0.39, 0.29) is 5.91 Å². The first kappa shape index (κ1) is 18.1. The maximum atomic E-state index is 12.8. The van der Waals surface area contributed by atoms with Crippen molar-refractivity contribution in [1.29, 1.82) is 0 Å². The summed E-state index contributed by atoms with van der Waals surface area (Å²) in [7, 11) is 0. The van der Waals surface area contributed by atoms with Crippen LogP contribution in [0.25, 0.3) is 22.2 Å². The van der Waals surface area contributed by atoms with Crippen molar-refractivity contribution in [3.05, 3.63) is 66.2 Å². The molecule has 0 aliphatic rings. The van der Waals surface area contributed by atoms with Gasteiger partial charge >= 0.3 is 0 Å². The maximum Gasteiger partial charge on any atom is 0.252 e. The van der Waals surface area contributed by atoms with Crippen LogP contribution in [0.5, 0.6) is 0 Å². The highest BCUT2D eigenvalue weighted by Crippen LogP contribution is 2.24. The van der Waals surface area contributed by atoms with E-state index in [0.29, 0.717) is 12.1 Å². The Labute approximate surface area is 154 Å². The van der Waals surface area contributed by atoms with Crippen molar-refractivity contribution in [2.75, 3.05) is 26.2 Å². The normalized spacial score (nSPS) is 11.0. The first-order valence-electron chi connectivity index (χ1n) is 9.18. The summed E-state index contributed by atoms with van der Waals surface area (Å²) in [5, 5.41) is 3.94. The van der Waals surface area contributed by atoms with Gasteiger partial charge in [-0.15, -0.1) is 0 Å². The minimum atomic E-state index is -0.0482. The highest BCUT2D eigenvalue weighted by atomic mass is 16.1. The zero-order chi connectivity index (χ0) is 18.4. The molecule has 0 atom stereocenters. The fourth-order valence-corrected chi connectivity index (χ4v) is 3.08. The van der Waals surface area contributed by atoms with Gasteiger partial charge in [0.25, 0.3) is 5.91 Å². The number of nitrogens with one attached hydrogen (secondary N) is 1. The summed E-state index contributed by atoms with van der Waals surface area (Å²) in [5.74, 6) is -0.0482. The zero-order valence-corrected chi connectivity index (χ0v) is 15.4. The Bertz CT molecular complexity index is 873. The minimum Gasteiger partial charge on any atom is -0.351 e. The number of pyridine rings is 1. The van der Waals surface area contributed by atoms with E-state index in [1.54, 1.807) is 0 Å². The molecule has 0 bridgehead atoms. The molecule has 1 N–H and O–H groups in total. The lowest BCUT2D eigenvalue weighted by atomic mass is 10.0.